The highest BCUT2D eigenvalue weighted by atomic mass is 16.6. The molecule has 2 heteroatoms. The molecule has 0 spiro atoms. The van der Waals surface area contributed by atoms with E-state index in [2.05, 4.69) is 20.8 Å². The third kappa shape index (κ3) is 1.50. The maximum atomic E-state index is 9.30. The average Bonchev–Trinajstić information content (AvgIpc) is 2.11. The van der Waals surface area contributed by atoms with E-state index in [9.17, 15) is 5.11 Å². The molecule has 2 atom stereocenters. The van der Waals surface area contributed by atoms with Gasteiger partial charge in [0, 0.05) is 5.92 Å². The van der Waals surface area contributed by atoms with Crippen LogP contribution in [0.2, 0.25) is 0 Å². The normalized spacial score (nSPS) is 34.8. The number of hydrogen-bond acceptors (Lipinski definition) is 2. The van der Waals surface area contributed by atoms with Gasteiger partial charge in [-0.05, 0) is 11.8 Å². The minimum absolute atomic E-state index is 0.177. The van der Waals surface area contributed by atoms with Crippen molar-refractivity contribution >= 4 is 0 Å². The van der Waals surface area contributed by atoms with Crippen LogP contribution in [0.1, 0.15) is 27.2 Å². The van der Waals surface area contributed by atoms with Gasteiger partial charge in [-0.15, -0.1) is 0 Å². The molecule has 10 heavy (non-hydrogen) atoms. The van der Waals surface area contributed by atoms with E-state index in [0.29, 0.717) is 12.5 Å². The molecule has 2 unspecified atom stereocenters. The van der Waals surface area contributed by atoms with E-state index < -0.39 is 6.29 Å². The molecule has 0 bridgehead atoms. The van der Waals surface area contributed by atoms with Gasteiger partial charge in [-0.3, -0.25) is 0 Å². The first kappa shape index (κ1) is 8.02. The Labute approximate surface area is 62.2 Å². The average molecular weight is 144 g/mol. The van der Waals surface area contributed by atoms with E-state index in [0.717, 1.165) is 6.42 Å². The van der Waals surface area contributed by atoms with Crippen molar-refractivity contribution in [2.75, 3.05) is 6.61 Å². The molecule has 2 nitrogen and oxygen atoms in total. The maximum Gasteiger partial charge on any atom is 0.157 e. The number of hydrogen-bond donors (Lipinski definition) is 1. The predicted molar refractivity (Wildman–Crippen MR) is 39.5 cm³/mol. The molecule has 1 heterocycles. The molecule has 1 saturated heterocycles. The van der Waals surface area contributed by atoms with E-state index in [4.69, 9.17) is 4.74 Å². The maximum absolute atomic E-state index is 9.30. The quantitative estimate of drug-likeness (QED) is 0.556. The second-order valence-electron chi connectivity index (χ2n) is 4.02. The molecule has 1 aliphatic heterocycles. The zero-order valence-electron chi connectivity index (χ0n) is 6.92. The van der Waals surface area contributed by atoms with Crippen molar-refractivity contribution in [2.45, 2.75) is 33.5 Å². The Morgan fingerprint density at radius 1 is 1.40 bits per heavy atom. The fourth-order valence-corrected chi connectivity index (χ4v) is 1.44. The van der Waals surface area contributed by atoms with E-state index >= 15 is 0 Å². The summed E-state index contributed by atoms with van der Waals surface area (Å²) < 4.78 is 5.05. The minimum Gasteiger partial charge on any atom is -0.368 e. The summed E-state index contributed by atoms with van der Waals surface area (Å²) >= 11 is 0. The molecule has 0 amide bonds. The summed E-state index contributed by atoms with van der Waals surface area (Å²) in [5, 5.41) is 9.30. The van der Waals surface area contributed by atoms with Gasteiger partial charge in [-0.25, -0.2) is 0 Å². The van der Waals surface area contributed by atoms with Crippen LogP contribution in [-0.4, -0.2) is 18.0 Å². The van der Waals surface area contributed by atoms with Crippen LogP contribution in [0.5, 0.6) is 0 Å². The highest BCUT2D eigenvalue weighted by Gasteiger charge is 2.35. The third-order valence-corrected chi connectivity index (χ3v) is 2.17. The molecule has 1 fully saturated rings. The molecular formula is C8H16O2. The van der Waals surface area contributed by atoms with Gasteiger partial charge >= 0.3 is 0 Å². The second kappa shape index (κ2) is 2.51. The van der Waals surface area contributed by atoms with Gasteiger partial charge in [0.2, 0.25) is 0 Å². The predicted octanol–water partition coefficient (Wildman–Crippen LogP) is 1.39. The number of aliphatic hydroxyl groups excluding tert-OH is 1. The summed E-state index contributed by atoms with van der Waals surface area (Å²) in [5.74, 6) is 0.312. The Balaban J connectivity index is 2.55. The highest BCUT2D eigenvalue weighted by Crippen LogP contribution is 2.35. The molecule has 1 aliphatic rings. The van der Waals surface area contributed by atoms with Crippen LogP contribution in [0.15, 0.2) is 0 Å². The summed E-state index contributed by atoms with van der Waals surface area (Å²) in [6.45, 7) is 7.11. The summed E-state index contributed by atoms with van der Waals surface area (Å²) in [5.41, 5.74) is 0.177. The Morgan fingerprint density at radius 3 is 2.20 bits per heavy atom. The fraction of sp³-hybridized carbons (Fsp3) is 1.00. The SMILES string of the molecule is CC(C)(C)C1CCOC1O. The van der Waals surface area contributed by atoms with Gasteiger partial charge in [-0.1, -0.05) is 20.8 Å². The molecule has 1 rings (SSSR count). The molecule has 0 aromatic rings. The van der Waals surface area contributed by atoms with Gasteiger partial charge in [0.1, 0.15) is 0 Å². The first-order valence-electron chi connectivity index (χ1n) is 3.81. The topological polar surface area (TPSA) is 29.5 Å². The van der Waals surface area contributed by atoms with E-state index in [1.807, 2.05) is 0 Å². The zero-order valence-corrected chi connectivity index (χ0v) is 6.92. The van der Waals surface area contributed by atoms with Gasteiger partial charge in [0.15, 0.2) is 6.29 Å². The fourth-order valence-electron chi connectivity index (χ4n) is 1.44. The molecule has 0 aromatic heterocycles. The Kier molecular flexibility index (Phi) is 2.02. The number of ether oxygens (including phenoxy) is 1. The van der Waals surface area contributed by atoms with Crippen LogP contribution < -0.4 is 0 Å². The Morgan fingerprint density at radius 2 is 2.00 bits per heavy atom. The van der Waals surface area contributed by atoms with Crippen LogP contribution in [0.4, 0.5) is 0 Å². The van der Waals surface area contributed by atoms with Crippen molar-refractivity contribution in [3.05, 3.63) is 0 Å². The third-order valence-electron chi connectivity index (χ3n) is 2.17. The van der Waals surface area contributed by atoms with E-state index in [-0.39, 0.29) is 5.41 Å². The number of aliphatic hydroxyl groups is 1. The molecule has 0 aliphatic carbocycles. The summed E-state index contributed by atoms with van der Waals surface area (Å²) in [6, 6.07) is 0. The molecule has 60 valence electrons. The monoisotopic (exact) mass is 144 g/mol. The number of rotatable bonds is 0. The van der Waals surface area contributed by atoms with Crippen LogP contribution in [0.25, 0.3) is 0 Å². The van der Waals surface area contributed by atoms with E-state index in [1.54, 1.807) is 0 Å². The van der Waals surface area contributed by atoms with E-state index in [1.165, 1.54) is 0 Å². The molecule has 0 aromatic carbocycles. The largest absolute Gasteiger partial charge is 0.368 e. The standard InChI is InChI=1S/C8H16O2/c1-8(2,3)6-4-5-10-7(6)9/h6-7,9H,4-5H2,1-3H3. The van der Waals surface area contributed by atoms with Crippen LogP contribution >= 0.6 is 0 Å². The van der Waals surface area contributed by atoms with Gasteiger partial charge < -0.3 is 9.84 Å². The smallest absolute Gasteiger partial charge is 0.157 e. The zero-order chi connectivity index (χ0) is 7.78. The summed E-state index contributed by atoms with van der Waals surface area (Å²) in [4.78, 5) is 0. The van der Waals surface area contributed by atoms with Crippen molar-refractivity contribution in [3.63, 3.8) is 0 Å². The highest BCUT2D eigenvalue weighted by molar-refractivity contribution is 4.79. The first-order chi connectivity index (χ1) is 4.52. The summed E-state index contributed by atoms with van der Waals surface area (Å²) in [7, 11) is 0. The second-order valence-corrected chi connectivity index (χ2v) is 4.02. The van der Waals surface area contributed by atoms with Crippen molar-refractivity contribution in [3.8, 4) is 0 Å². The lowest BCUT2D eigenvalue weighted by molar-refractivity contribution is -0.102. The van der Waals surface area contributed by atoms with Gasteiger partial charge in [0.05, 0.1) is 6.61 Å². The Bertz CT molecular complexity index is 115. The minimum atomic E-state index is -0.528. The lowest BCUT2D eigenvalue weighted by Crippen LogP contribution is -2.27. The molecule has 1 N–H and O–H groups in total. The lowest BCUT2D eigenvalue weighted by atomic mass is 9.79. The van der Waals surface area contributed by atoms with Crippen LogP contribution in [0.3, 0.4) is 0 Å². The summed E-state index contributed by atoms with van der Waals surface area (Å²) in [6.07, 6.45) is 0.463. The lowest BCUT2D eigenvalue weighted by Gasteiger charge is -2.27. The van der Waals surface area contributed by atoms with Crippen molar-refractivity contribution in [1.82, 2.24) is 0 Å². The Hall–Kier alpha value is -0.0800. The first-order valence-corrected chi connectivity index (χ1v) is 3.81. The van der Waals surface area contributed by atoms with Gasteiger partial charge in [-0.2, -0.15) is 0 Å². The van der Waals surface area contributed by atoms with Crippen molar-refractivity contribution in [2.24, 2.45) is 11.3 Å². The van der Waals surface area contributed by atoms with Crippen molar-refractivity contribution in [1.29, 1.82) is 0 Å². The molecular weight excluding hydrogens is 128 g/mol. The molecule has 0 saturated carbocycles. The van der Waals surface area contributed by atoms with Crippen LogP contribution in [-0.2, 0) is 4.74 Å². The van der Waals surface area contributed by atoms with Gasteiger partial charge in [0.25, 0.3) is 0 Å². The van der Waals surface area contributed by atoms with Crippen molar-refractivity contribution < 1.29 is 9.84 Å². The molecule has 0 radical (unpaired) electrons. The van der Waals surface area contributed by atoms with Crippen LogP contribution in [0, 0.1) is 11.3 Å².